The summed E-state index contributed by atoms with van der Waals surface area (Å²) in [4.78, 5) is 0. The van der Waals surface area contributed by atoms with Crippen LogP contribution in [0, 0.1) is 0 Å². The van der Waals surface area contributed by atoms with Gasteiger partial charge < -0.3 is 4.43 Å². The molecule has 0 fully saturated rings. The second-order valence-corrected chi connectivity index (χ2v) is 17.1. The third kappa shape index (κ3) is 37.7. The van der Waals surface area contributed by atoms with E-state index in [1.807, 2.05) is 0 Å². The predicted octanol–water partition coefficient (Wildman–Crippen LogP) is 16.9. The average molecular weight is 707 g/mol. The van der Waals surface area contributed by atoms with Gasteiger partial charge in [-0.05, 0) is 19.3 Å². The van der Waals surface area contributed by atoms with Gasteiger partial charge in [0.25, 0.3) is 0 Å². The Bertz CT molecular complexity index is 546. The Labute approximate surface area is 316 Å². The topological polar surface area (TPSA) is 9.23 Å². The normalized spacial score (nSPS) is 12.1. The molecule has 0 N–H and O–H groups in total. The first-order valence-corrected chi connectivity index (χ1v) is 24.6. The van der Waals surface area contributed by atoms with E-state index >= 15 is 0 Å². The zero-order chi connectivity index (χ0) is 35.6. The molecule has 0 unspecified atom stereocenters. The third-order valence-corrected chi connectivity index (χ3v) is 12.8. The fraction of sp³-hybridized carbons (Fsp3) is 1.00. The number of rotatable bonds is 44. The van der Waals surface area contributed by atoms with Crippen LogP contribution >= 0.6 is 0 Å². The highest BCUT2D eigenvalue weighted by Gasteiger charge is 2.27. The molecule has 0 saturated carbocycles. The standard InChI is InChI=1S/C47H98OSi/c1-4-7-10-13-16-19-22-25-28-31-34-37-40-43-46-47(48-49,44-41-38-35-32-29-26-23-20-17-14-11-8-5-2)45-42-39-36-33-30-27-24-21-18-15-12-9-6-3/h4-46H2,1-3,49H3. The second kappa shape index (κ2) is 42.6. The maximum absolute atomic E-state index is 6.60. The van der Waals surface area contributed by atoms with Crippen molar-refractivity contribution in [3.05, 3.63) is 0 Å². The smallest absolute Gasteiger partial charge is 0.146 e. The van der Waals surface area contributed by atoms with E-state index < -0.39 is 0 Å². The summed E-state index contributed by atoms with van der Waals surface area (Å²) < 4.78 is 6.60. The Morgan fingerprint density at radius 2 is 0.388 bits per heavy atom. The molecule has 0 aliphatic rings. The molecule has 0 aliphatic carbocycles. The highest BCUT2D eigenvalue weighted by molar-refractivity contribution is 5.98. The molecule has 0 radical (unpaired) electrons. The molecule has 0 bridgehead atoms. The molecule has 0 atom stereocenters. The lowest BCUT2D eigenvalue weighted by molar-refractivity contribution is 0.0422. The van der Waals surface area contributed by atoms with Crippen LogP contribution in [-0.4, -0.2) is 16.1 Å². The van der Waals surface area contributed by atoms with Crippen LogP contribution in [0.15, 0.2) is 0 Å². The molecule has 0 aliphatic heterocycles. The van der Waals surface area contributed by atoms with Gasteiger partial charge in [0.2, 0.25) is 0 Å². The van der Waals surface area contributed by atoms with Crippen LogP contribution in [0.2, 0.25) is 0 Å². The van der Waals surface area contributed by atoms with Gasteiger partial charge in [0.05, 0.1) is 5.60 Å². The molecule has 49 heavy (non-hydrogen) atoms. The highest BCUT2D eigenvalue weighted by atomic mass is 28.2. The van der Waals surface area contributed by atoms with Gasteiger partial charge >= 0.3 is 0 Å². The molecule has 0 aromatic carbocycles. The Hall–Kier alpha value is 0.177. The van der Waals surface area contributed by atoms with Gasteiger partial charge in [0.1, 0.15) is 10.5 Å². The molecule has 2 heteroatoms. The highest BCUT2D eigenvalue weighted by Crippen LogP contribution is 2.32. The Balaban J connectivity index is 4.20. The van der Waals surface area contributed by atoms with Gasteiger partial charge in [-0.3, -0.25) is 0 Å². The molecular formula is C47H98OSi. The minimum Gasteiger partial charge on any atom is -0.422 e. The first-order valence-electron chi connectivity index (χ1n) is 23.8. The molecule has 0 saturated heterocycles. The lowest BCUT2D eigenvalue weighted by Gasteiger charge is -2.34. The summed E-state index contributed by atoms with van der Waals surface area (Å²) in [5.74, 6) is 0. The first-order chi connectivity index (χ1) is 24.2. The van der Waals surface area contributed by atoms with E-state index in [1.54, 1.807) is 0 Å². The molecule has 296 valence electrons. The van der Waals surface area contributed by atoms with Crippen molar-refractivity contribution in [2.45, 2.75) is 302 Å². The second-order valence-electron chi connectivity index (χ2n) is 16.7. The summed E-state index contributed by atoms with van der Waals surface area (Å²) in [7, 11) is 0.909. The van der Waals surface area contributed by atoms with Gasteiger partial charge in [-0.15, -0.1) is 0 Å². The molecule has 0 aromatic rings. The van der Waals surface area contributed by atoms with Gasteiger partial charge in [0, 0.05) is 0 Å². The van der Waals surface area contributed by atoms with Crippen LogP contribution in [0.25, 0.3) is 0 Å². The Kier molecular flexibility index (Phi) is 42.7. The summed E-state index contributed by atoms with van der Waals surface area (Å²) in [6.45, 7) is 6.95. The summed E-state index contributed by atoms with van der Waals surface area (Å²) in [5.41, 5.74) is 0.221. The van der Waals surface area contributed by atoms with Crippen molar-refractivity contribution in [1.82, 2.24) is 0 Å². The minimum atomic E-state index is 0.221. The zero-order valence-corrected chi connectivity index (χ0v) is 37.3. The lowest BCUT2D eigenvalue weighted by Crippen LogP contribution is -2.32. The van der Waals surface area contributed by atoms with E-state index in [0.717, 1.165) is 10.5 Å². The van der Waals surface area contributed by atoms with Crippen LogP contribution < -0.4 is 0 Å². The molecule has 0 amide bonds. The van der Waals surface area contributed by atoms with Crippen molar-refractivity contribution >= 4 is 10.5 Å². The molecule has 0 heterocycles. The van der Waals surface area contributed by atoms with Crippen LogP contribution in [0.1, 0.15) is 297 Å². The number of unbranched alkanes of at least 4 members (excludes halogenated alkanes) is 37. The van der Waals surface area contributed by atoms with E-state index in [2.05, 4.69) is 20.8 Å². The molecule has 0 spiro atoms. The quantitative estimate of drug-likeness (QED) is 0.0453. The van der Waals surface area contributed by atoms with Gasteiger partial charge in [-0.1, -0.05) is 278 Å². The van der Waals surface area contributed by atoms with Crippen molar-refractivity contribution in [2.75, 3.05) is 0 Å². The summed E-state index contributed by atoms with van der Waals surface area (Å²) in [6, 6.07) is 0. The van der Waals surface area contributed by atoms with Crippen molar-refractivity contribution in [3.8, 4) is 0 Å². The van der Waals surface area contributed by atoms with Crippen molar-refractivity contribution in [1.29, 1.82) is 0 Å². The number of hydrogen-bond donors (Lipinski definition) is 0. The van der Waals surface area contributed by atoms with Gasteiger partial charge in [0.15, 0.2) is 0 Å². The summed E-state index contributed by atoms with van der Waals surface area (Å²) in [5, 5.41) is 0. The maximum Gasteiger partial charge on any atom is 0.146 e. The van der Waals surface area contributed by atoms with Gasteiger partial charge in [-0.25, -0.2) is 0 Å². The van der Waals surface area contributed by atoms with E-state index in [4.69, 9.17) is 4.43 Å². The Morgan fingerprint density at radius 1 is 0.245 bits per heavy atom. The predicted molar refractivity (Wildman–Crippen MR) is 229 cm³/mol. The maximum atomic E-state index is 6.60. The van der Waals surface area contributed by atoms with Gasteiger partial charge in [-0.2, -0.15) is 0 Å². The number of hydrogen-bond acceptors (Lipinski definition) is 1. The van der Waals surface area contributed by atoms with Crippen LogP contribution in [0.4, 0.5) is 0 Å². The summed E-state index contributed by atoms with van der Waals surface area (Å²) in [6.07, 6.45) is 62.0. The molecule has 1 nitrogen and oxygen atoms in total. The fourth-order valence-corrected chi connectivity index (χ4v) is 8.87. The SMILES string of the molecule is CCCCCCCCCCCCCCCCC(CCCCCCCCCCCCCCC)(CCCCCCCCCCCCCCC)O[SiH3]. The minimum absolute atomic E-state index is 0.221. The van der Waals surface area contributed by atoms with E-state index in [-0.39, 0.29) is 5.60 Å². The van der Waals surface area contributed by atoms with Crippen molar-refractivity contribution < 1.29 is 4.43 Å². The molecule has 0 rings (SSSR count). The third-order valence-electron chi connectivity index (χ3n) is 11.9. The van der Waals surface area contributed by atoms with E-state index in [0.29, 0.717) is 0 Å². The largest absolute Gasteiger partial charge is 0.422 e. The molecular weight excluding hydrogens is 609 g/mol. The average Bonchev–Trinajstić information content (AvgIpc) is 3.12. The zero-order valence-electron chi connectivity index (χ0n) is 35.3. The van der Waals surface area contributed by atoms with Crippen LogP contribution in [-0.2, 0) is 4.43 Å². The fourth-order valence-electron chi connectivity index (χ4n) is 8.25. The Morgan fingerprint density at radius 3 is 0.531 bits per heavy atom. The van der Waals surface area contributed by atoms with E-state index in [9.17, 15) is 0 Å². The summed E-state index contributed by atoms with van der Waals surface area (Å²) >= 11 is 0. The van der Waals surface area contributed by atoms with Crippen LogP contribution in [0.3, 0.4) is 0 Å². The first kappa shape index (κ1) is 49.2. The van der Waals surface area contributed by atoms with Crippen LogP contribution in [0.5, 0.6) is 0 Å². The van der Waals surface area contributed by atoms with Crippen molar-refractivity contribution in [2.24, 2.45) is 0 Å². The molecule has 0 aromatic heterocycles. The monoisotopic (exact) mass is 707 g/mol. The van der Waals surface area contributed by atoms with E-state index in [1.165, 1.54) is 276 Å². The van der Waals surface area contributed by atoms with Crippen molar-refractivity contribution in [3.63, 3.8) is 0 Å². The lowest BCUT2D eigenvalue weighted by atomic mass is 9.85.